The lowest BCUT2D eigenvalue weighted by Gasteiger charge is -2.42. The normalized spacial score (nSPS) is 31.2. The molecule has 0 radical (unpaired) electrons. The van der Waals surface area contributed by atoms with Crippen molar-refractivity contribution in [3.05, 3.63) is 46.4 Å². The molecule has 0 bridgehead atoms. The van der Waals surface area contributed by atoms with Gasteiger partial charge in [-0.25, -0.2) is 0 Å². The van der Waals surface area contributed by atoms with Crippen molar-refractivity contribution >= 4 is 10.1 Å². The second-order valence-corrected chi connectivity index (χ2v) is 9.56. The van der Waals surface area contributed by atoms with Crippen molar-refractivity contribution < 1.29 is 31.5 Å². The highest BCUT2D eigenvalue weighted by Gasteiger charge is 2.57. The van der Waals surface area contributed by atoms with E-state index in [0.29, 0.717) is 17.9 Å². The van der Waals surface area contributed by atoms with Gasteiger partial charge in [0, 0.05) is 16.9 Å². The van der Waals surface area contributed by atoms with Gasteiger partial charge in [0.2, 0.25) is 6.79 Å². The van der Waals surface area contributed by atoms with Gasteiger partial charge in [0.25, 0.3) is 10.1 Å². The van der Waals surface area contributed by atoms with E-state index in [9.17, 15) is 8.42 Å². The second-order valence-electron chi connectivity index (χ2n) is 7.96. The average Bonchev–Trinajstić information content (AvgIpc) is 3.25. The van der Waals surface area contributed by atoms with Crippen molar-refractivity contribution in [1.29, 1.82) is 0 Å². The molecule has 30 heavy (non-hydrogen) atoms. The van der Waals surface area contributed by atoms with Crippen molar-refractivity contribution in [2.45, 2.75) is 49.8 Å². The molecule has 0 aromatic heterocycles. The topological polar surface area (TPSA) is 129 Å². The summed E-state index contributed by atoms with van der Waals surface area (Å²) >= 11 is 0. The molecule has 0 amide bonds. The largest absolute Gasteiger partial charge is 0.454 e. The van der Waals surface area contributed by atoms with Gasteiger partial charge in [-0.15, -0.1) is 0 Å². The monoisotopic (exact) mass is 437 g/mol. The fourth-order valence-electron chi connectivity index (χ4n) is 4.28. The van der Waals surface area contributed by atoms with Crippen LogP contribution in [0.15, 0.2) is 35.5 Å². The lowest BCUT2D eigenvalue weighted by molar-refractivity contribution is -0.153. The standard InChI is InChI=1S/C19H23N3O7S/c1-18(2)27-16-14(29-30(3,23)24)6-7-19(17(16)28-18,8-9-21-22-20)12-4-5-13-15(10-12)26-11-25-13/h4-7,10,14,16-17H,8-9,11H2,1-3H3/t14-,16+,17+,19-/m1/s1. The van der Waals surface area contributed by atoms with E-state index < -0.39 is 39.6 Å². The van der Waals surface area contributed by atoms with E-state index in [-0.39, 0.29) is 13.3 Å². The molecule has 1 aliphatic carbocycles. The molecule has 0 N–H and O–H groups in total. The van der Waals surface area contributed by atoms with Crippen LogP contribution in [0.1, 0.15) is 25.8 Å². The van der Waals surface area contributed by atoms with Crippen molar-refractivity contribution in [1.82, 2.24) is 0 Å². The van der Waals surface area contributed by atoms with Gasteiger partial charge in [-0.05, 0) is 43.5 Å². The molecule has 3 aliphatic rings. The Bertz CT molecular complexity index is 1020. The Morgan fingerprint density at radius 2 is 2.03 bits per heavy atom. The second kappa shape index (κ2) is 7.44. The fraction of sp³-hybridized carbons (Fsp3) is 0.579. The van der Waals surface area contributed by atoms with E-state index in [1.807, 2.05) is 24.3 Å². The summed E-state index contributed by atoms with van der Waals surface area (Å²) in [5.41, 5.74) is 8.87. The zero-order chi connectivity index (χ0) is 21.6. The maximum Gasteiger partial charge on any atom is 0.265 e. The van der Waals surface area contributed by atoms with Crippen LogP contribution in [0.25, 0.3) is 10.4 Å². The Balaban J connectivity index is 1.82. The SMILES string of the molecule is CC1(C)O[C@H]2[C@H](OS(C)(=O)=O)C=C[C@@](CCN=[N+]=[N-])(c3ccc4c(c3)OCO4)[C@H]2O1. The summed E-state index contributed by atoms with van der Waals surface area (Å²) in [6, 6.07) is 5.58. The summed E-state index contributed by atoms with van der Waals surface area (Å²) in [5.74, 6) is 0.288. The van der Waals surface area contributed by atoms with Crippen LogP contribution in [0.3, 0.4) is 0 Å². The molecule has 10 nitrogen and oxygen atoms in total. The van der Waals surface area contributed by atoms with Crippen molar-refractivity contribution in [2.75, 3.05) is 19.6 Å². The van der Waals surface area contributed by atoms with Crippen LogP contribution in [0, 0.1) is 0 Å². The lowest BCUT2D eigenvalue weighted by Crippen LogP contribution is -2.52. The molecule has 0 unspecified atom stereocenters. The van der Waals surface area contributed by atoms with Gasteiger partial charge < -0.3 is 18.9 Å². The van der Waals surface area contributed by atoms with Gasteiger partial charge >= 0.3 is 0 Å². The summed E-state index contributed by atoms with van der Waals surface area (Å²) in [6.07, 6.45) is 2.84. The molecule has 2 aliphatic heterocycles. The summed E-state index contributed by atoms with van der Waals surface area (Å²) in [4.78, 5) is 2.86. The van der Waals surface area contributed by atoms with Gasteiger partial charge in [-0.1, -0.05) is 23.3 Å². The average molecular weight is 437 g/mol. The van der Waals surface area contributed by atoms with E-state index in [1.54, 1.807) is 19.9 Å². The minimum absolute atomic E-state index is 0.142. The highest BCUT2D eigenvalue weighted by Crippen LogP contribution is 2.49. The minimum atomic E-state index is -3.72. The van der Waals surface area contributed by atoms with Crippen molar-refractivity contribution in [3.63, 3.8) is 0 Å². The van der Waals surface area contributed by atoms with Crippen molar-refractivity contribution in [3.8, 4) is 11.5 Å². The predicted octanol–water partition coefficient (Wildman–Crippen LogP) is 2.79. The van der Waals surface area contributed by atoms with Gasteiger partial charge in [0.1, 0.15) is 18.3 Å². The summed E-state index contributed by atoms with van der Waals surface area (Å²) in [6.45, 7) is 3.88. The van der Waals surface area contributed by atoms with Crippen LogP contribution < -0.4 is 9.47 Å². The Morgan fingerprint density at radius 3 is 2.77 bits per heavy atom. The fourth-order valence-corrected chi connectivity index (χ4v) is 4.86. The first-order valence-electron chi connectivity index (χ1n) is 9.48. The van der Waals surface area contributed by atoms with Crippen LogP contribution in [0.2, 0.25) is 0 Å². The zero-order valence-corrected chi connectivity index (χ0v) is 17.7. The molecule has 1 saturated heterocycles. The Kier molecular flexibility index (Phi) is 5.19. The van der Waals surface area contributed by atoms with E-state index in [1.165, 1.54) is 0 Å². The molecule has 0 saturated carbocycles. The Labute approximate surface area is 174 Å². The molecule has 1 aromatic rings. The molecular weight excluding hydrogens is 414 g/mol. The third kappa shape index (κ3) is 3.86. The summed E-state index contributed by atoms with van der Waals surface area (Å²) in [5, 5.41) is 3.71. The third-order valence-electron chi connectivity index (χ3n) is 5.43. The number of rotatable bonds is 6. The molecular formula is C19H23N3O7S. The molecule has 1 aromatic carbocycles. The zero-order valence-electron chi connectivity index (χ0n) is 16.8. The Morgan fingerprint density at radius 1 is 1.27 bits per heavy atom. The minimum Gasteiger partial charge on any atom is -0.454 e. The summed E-state index contributed by atoms with van der Waals surface area (Å²) in [7, 11) is -3.72. The quantitative estimate of drug-likeness (QED) is 0.220. The van der Waals surface area contributed by atoms with Gasteiger partial charge in [-0.3, -0.25) is 4.18 Å². The van der Waals surface area contributed by atoms with Gasteiger partial charge in [0.15, 0.2) is 17.3 Å². The molecule has 2 heterocycles. The first-order valence-corrected chi connectivity index (χ1v) is 11.3. The number of fused-ring (bicyclic) bond motifs is 2. The number of hydrogen-bond donors (Lipinski definition) is 0. The third-order valence-corrected chi connectivity index (χ3v) is 6.00. The lowest BCUT2D eigenvalue weighted by atomic mass is 9.67. The van der Waals surface area contributed by atoms with E-state index >= 15 is 0 Å². The molecule has 11 heteroatoms. The highest BCUT2D eigenvalue weighted by molar-refractivity contribution is 7.86. The van der Waals surface area contributed by atoms with Crippen LogP contribution in [-0.2, 0) is 29.2 Å². The number of nitrogens with zero attached hydrogens (tertiary/aromatic N) is 3. The van der Waals surface area contributed by atoms with Gasteiger partial charge in [0.05, 0.1) is 6.26 Å². The predicted molar refractivity (Wildman–Crippen MR) is 106 cm³/mol. The van der Waals surface area contributed by atoms with E-state index in [0.717, 1.165) is 11.8 Å². The maximum atomic E-state index is 11.8. The molecule has 0 spiro atoms. The number of ether oxygens (including phenoxy) is 4. The summed E-state index contributed by atoms with van der Waals surface area (Å²) < 4.78 is 52.1. The van der Waals surface area contributed by atoms with Gasteiger partial charge in [-0.2, -0.15) is 8.42 Å². The molecule has 162 valence electrons. The van der Waals surface area contributed by atoms with Crippen LogP contribution in [0.5, 0.6) is 11.5 Å². The number of benzene rings is 1. The number of azide groups is 1. The highest BCUT2D eigenvalue weighted by atomic mass is 32.2. The van der Waals surface area contributed by atoms with Crippen LogP contribution >= 0.6 is 0 Å². The van der Waals surface area contributed by atoms with Crippen molar-refractivity contribution in [2.24, 2.45) is 5.11 Å². The van der Waals surface area contributed by atoms with Crippen LogP contribution in [-0.4, -0.2) is 52.1 Å². The molecule has 1 fully saturated rings. The molecule has 4 atom stereocenters. The Hall–Kier alpha value is -2.30. The van der Waals surface area contributed by atoms with Crippen LogP contribution in [0.4, 0.5) is 0 Å². The first-order chi connectivity index (χ1) is 14.1. The first kappa shape index (κ1) is 21.0. The van der Waals surface area contributed by atoms with E-state index in [2.05, 4.69) is 10.0 Å². The number of hydrogen-bond acceptors (Lipinski definition) is 8. The smallest absolute Gasteiger partial charge is 0.265 e. The van der Waals surface area contributed by atoms with E-state index in [4.69, 9.17) is 28.7 Å². The molecule has 4 rings (SSSR count). The maximum absolute atomic E-state index is 11.8.